The number of hydrogen-bond donors (Lipinski definition) is 0. The Hall–Kier alpha value is -0.330. The standard InChI is InChI=1S/C8H9IO4/c9-4-5-3-8(7(11)12-5)2-1-6(10)13-8/h5H,1-4H2/t5-,8+/m1/s1. The molecular formula is C8H9IO4. The molecule has 0 radical (unpaired) electrons. The van der Waals surface area contributed by atoms with Crippen LogP contribution in [0.5, 0.6) is 0 Å². The molecular weight excluding hydrogens is 287 g/mol. The zero-order chi connectivity index (χ0) is 9.47. The summed E-state index contributed by atoms with van der Waals surface area (Å²) in [6, 6.07) is 0. The number of esters is 2. The first-order valence-electron chi connectivity index (χ1n) is 4.15. The average molecular weight is 296 g/mol. The Morgan fingerprint density at radius 3 is 2.77 bits per heavy atom. The lowest BCUT2D eigenvalue weighted by Crippen LogP contribution is -2.33. The second-order valence-electron chi connectivity index (χ2n) is 3.35. The van der Waals surface area contributed by atoms with E-state index in [0.717, 1.165) is 4.43 Å². The third kappa shape index (κ3) is 1.43. The van der Waals surface area contributed by atoms with Crippen molar-refractivity contribution in [2.45, 2.75) is 31.0 Å². The normalized spacial score (nSPS) is 38.1. The maximum atomic E-state index is 11.4. The maximum Gasteiger partial charge on any atom is 0.351 e. The molecule has 1 spiro atoms. The first-order valence-corrected chi connectivity index (χ1v) is 5.68. The molecule has 2 fully saturated rings. The molecule has 2 rings (SSSR count). The Bertz CT molecular complexity index is 265. The molecule has 0 amide bonds. The van der Waals surface area contributed by atoms with E-state index < -0.39 is 5.60 Å². The van der Waals surface area contributed by atoms with E-state index in [0.29, 0.717) is 19.3 Å². The van der Waals surface area contributed by atoms with Gasteiger partial charge in [-0.15, -0.1) is 0 Å². The minimum atomic E-state index is -0.924. The SMILES string of the molecule is O=C1CC[C@@]2(C[C@H](CI)OC2=O)O1. The first kappa shape index (κ1) is 9.23. The molecule has 2 aliphatic heterocycles. The molecule has 0 N–H and O–H groups in total. The lowest BCUT2D eigenvalue weighted by Gasteiger charge is -2.15. The van der Waals surface area contributed by atoms with Gasteiger partial charge in [0.2, 0.25) is 5.60 Å². The van der Waals surface area contributed by atoms with Gasteiger partial charge < -0.3 is 9.47 Å². The van der Waals surface area contributed by atoms with E-state index in [1.54, 1.807) is 0 Å². The van der Waals surface area contributed by atoms with Gasteiger partial charge in [0, 0.05) is 23.7 Å². The molecule has 0 aromatic heterocycles. The van der Waals surface area contributed by atoms with Crippen molar-refractivity contribution in [3.05, 3.63) is 0 Å². The van der Waals surface area contributed by atoms with E-state index in [1.807, 2.05) is 0 Å². The zero-order valence-corrected chi connectivity index (χ0v) is 9.07. The predicted octanol–water partition coefficient (Wildman–Crippen LogP) is 0.813. The van der Waals surface area contributed by atoms with Gasteiger partial charge in [-0.3, -0.25) is 4.79 Å². The maximum absolute atomic E-state index is 11.4. The van der Waals surface area contributed by atoms with Gasteiger partial charge in [0.25, 0.3) is 0 Å². The van der Waals surface area contributed by atoms with Crippen LogP contribution in [0.1, 0.15) is 19.3 Å². The molecule has 2 aliphatic rings. The fourth-order valence-electron chi connectivity index (χ4n) is 1.75. The Labute approximate surface area is 89.1 Å². The highest BCUT2D eigenvalue weighted by Crippen LogP contribution is 2.38. The van der Waals surface area contributed by atoms with Crippen molar-refractivity contribution in [3.8, 4) is 0 Å². The van der Waals surface area contributed by atoms with Gasteiger partial charge in [0.15, 0.2) is 0 Å². The van der Waals surface area contributed by atoms with E-state index in [-0.39, 0.29) is 18.0 Å². The molecule has 0 aliphatic carbocycles. The summed E-state index contributed by atoms with van der Waals surface area (Å²) >= 11 is 2.16. The van der Waals surface area contributed by atoms with Crippen molar-refractivity contribution in [2.24, 2.45) is 0 Å². The van der Waals surface area contributed by atoms with Crippen LogP contribution in [0.4, 0.5) is 0 Å². The van der Waals surface area contributed by atoms with Gasteiger partial charge in [-0.25, -0.2) is 4.79 Å². The molecule has 2 heterocycles. The molecule has 4 nitrogen and oxygen atoms in total. The molecule has 0 unspecified atom stereocenters. The van der Waals surface area contributed by atoms with Crippen LogP contribution in [-0.2, 0) is 19.1 Å². The summed E-state index contributed by atoms with van der Waals surface area (Å²) in [5.41, 5.74) is -0.924. The van der Waals surface area contributed by atoms with E-state index in [1.165, 1.54) is 0 Å². The number of rotatable bonds is 1. The number of carbonyl (C=O) groups is 2. The second kappa shape index (κ2) is 3.11. The molecule has 13 heavy (non-hydrogen) atoms. The second-order valence-corrected chi connectivity index (χ2v) is 4.23. The molecule has 0 aromatic rings. The minimum Gasteiger partial charge on any atom is -0.458 e. The van der Waals surface area contributed by atoms with Crippen molar-refractivity contribution >= 4 is 34.5 Å². The molecule has 0 bridgehead atoms. The summed E-state index contributed by atoms with van der Waals surface area (Å²) in [6.45, 7) is 0. The van der Waals surface area contributed by atoms with Crippen LogP contribution < -0.4 is 0 Å². The third-order valence-electron chi connectivity index (χ3n) is 2.42. The topological polar surface area (TPSA) is 52.6 Å². The highest BCUT2D eigenvalue weighted by Gasteiger charge is 2.55. The smallest absolute Gasteiger partial charge is 0.351 e. The average Bonchev–Trinajstić information content (AvgIpc) is 2.60. The van der Waals surface area contributed by atoms with Crippen molar-refractivity contribution in [3.63, 3.8) is 0 Å². The number of hydrogen-bond acceptors (Lipinski definition) is 4. The van der Waals surface area contributed by atoms with Crippen LogP contribution in [-0.4, -0.2) is 28.1 Å². The Morgan fingerprint density at radius 2 is 2.31 bits per heavy atom. The lowest BCUT2D eigenvalue weighted by atomic mass is 9.96. The summed E-state index contributed by atoms with van der Waals surface area (Å²) < 4.78 is 10.9. The number of ether oxygens (including phenoxy) is 2. The Morgan fingerprint density at radius 1 is 1.54 bits per heavy atom. The van der Waals surface area contributed by atoms with Crippen molar-refractivity contribution in [1.29, 1.82) is 0 Å². The van der Waals surface area contributed by atoms with Crippen LogP contribution >= 0.6 is 22.6 Å². The Balaban J connectivity index is 2.15. The van der Waals surface area contributed by atoms with Crippen LogP contribution in [0.3, 0.4) is 0 Å². The van der Waals surface area contributed by atoms with Crippen molar-refractivity contribution in [2.75, 3.05) is 4.43 Å². The van der Waals surface area contributed by atoms with Crippen molar-refractivity contribution < 1.29 is 19.1 Å². The monoisotopic (exact) mass is 296 g/mol. The fourth-order valence-corrected chi connectivity index (χ4v) is 2.24. The Kier molecular flexibility index (Phi) is 2.21. The van der Waals surface area contributed by atoms with E-state index >= 15 is 0 Å². The quantitative estimate of drug-likeness (QED) is 0.408. The number of halogens is 1. The summed E-state index contributed by atoms with van der Waals surface area (Å²) in [5.74, 6) is -0.647. The molecule has 2 atom stereocenters. The number of alkyl halides is 1. The summed E-state index contributed by atoms with van der Waals surface area (Å²) in [4.78, 5) is 22.3. The van der Waals surface area contributed by atoms with Gasteiger partial charge in [-0.05, 0) is 0 Å². The number of carbonyl (C=O) groups excluding carboxylic acids is 2. The predicted molar refractivity (Wildman–Crippen MR) is 51.4 cm³/mol. The fraction of sp³-hybridized carbons (Fsp3) is 0.750. The molecule has 0 aromatic carbocycles. The zero-order valence-electron chi connectivity index (χ0n) is 6.92. The van der Waals surface area contributed by atoms with Gasteiger partial charge in [-0.1, -0.05) is 22.6 Å². The van der Waals surface area contributed by atoms with E-state index in [9.17, 15) is 9.59 Å². The molecule has 5 heteroatoms. The lowest BCUT2D eigenvalue weighted by molar-refractivity contribution is -0.164. The number of cyclic esters (lactones) is 1. The molecule has 2 saturated heterocycles. The van der Waals surface area contributed by atoms with Crippen molar-refractivity contribution in [1.82, 2.24) is 0 Å². The minimum absolute atomic E-state index is 0.0843. The van der Waals surface area contributed by atoms with Crippen LogP contribution in [0.2, 0.25) is 0 Å². The van der Waals surface area contributed by atoms with Gasteiger partial charge in [-0.2, -0.15) is 0 Å². The molecule has 72 valence electrons. The summed E-state index contributed by atoms with van der Waals surface area (Å²) in [7, 11) is 0. The van der Waals surface area contributed by atoms with Gasteiger partial charge in [0.1, 0.15) is 6.10 Å². The highest BCUT2D eigenvalue weighted by atomic mass is 127. The van der Waals surface area contributed by atoms with Gasteiger partial charge in [0.05, 0.1) is 0 Å². The molecule has 0 saturated carbocycles. The van der Waals surface area contributed by atoms with Crippen LogP contribution in [0, 0.1) is 0 Å². The van der Waals surface area contributed by atoms with Crippen LogP contribution in [0.15, 0.2) is 0 Å². The third-order valence-corrected chi connectivity index (χ3v) is 3.40. The first-order chi connectivity index (χ1) is 6.16. The van der Waals surface area contributed by atoms with Crippen LogP contribution in [0.25, 0.3) is 0 Å². The highest BCUT2D eigenvalue weighted by molar-refractivity contribution is 14.1. The largest absolute Gasteiger partial charge is 0.458 e. The van der Waals surface area contributed by atoms with Gasteiger partial charge >= 0.3 is 11.9 Å². The summed E-state index contributed by atoms with van der Waals surface area (Å²) in [5, 5.41) is 0. The summed E-state index contributed by atoms with van der Waals surface area (Å²) in [6.07, 6.45) is 1.26. The van der Waals surface area contributed by atoms with E-state index in [4.69, 9.17) is 9.47 Å². The van der Waals surface area contributed by atoms with E-state index in [2.05, 4.69) is 22.6 Å².